The second-order valence-electron chi connectivity index (χ2n) is 4.04. The maximum atomic E-state index is 10.1. The van der Waals surface area contributed by atoms with Gasteiger partial charge in [-0.25, -0.2) is 14.8 Å². The Labute approximate surface area is 130 Å². The van der Waals surface area contributed by atoms with Crippen LogP contribution in [0.1, 0.15) is 0 Å². The van der Waals surface area contributed by atoms with Crippen molar-refractivity contribution in [3.63, 3.8) is 0 Å². The SMILES string of the molecule is O=C(O)C(O)C(O)C(O)C(O)CO.c1c[nH]cn1.c1c[nH]cn1. The summed E-state index contributed by atoms with van der Waals surface area (Å²) in [6.07, 6.45) is 2.33. The van der Waals surface area contributed by atoms with Gasteiger partial charge in [0.15, 0.2) is 6.10 Å². The molecule has 2 aromatic rings. The molecule has 0 aliphatic carbocycles. The molecular weight excluding hydrogens is 312 g/mol. The Balaban J connectivity index is 0.000000386. The van der Waals surface area contributed by atoms with Gasteiger partial charge in [-0.1, -0.05) is 0 Å². The van der Waals surface area contributed by atoms with Crippen molar-refractivity contribution in [2.24, 2.45) is 0 Å². The van der Waals surface area contributed by atoms with Crippen molar-refractivity contribution in [3.05, 3.63) is 37.4 Å². The molecule has 0 radical (unpaired) electrons. The Morgan fingerprint density at radius 2 is 1.43 bits per heavy atom. The lowest BCUT2D eigenvalue weighted by molar-refractivity contribution is -0.164. The second-order valence-corrected chi connectivity index (χ2v) is 4.04. The first kappa shape index (κ1) is 20.7. The van der Waals surface area contributed by atoms with E-state index in [1.807, 2.05) is 0 Å². The van der Waals surface area contributed by atoms with E-state index < -0.39 is 37.0 Å². The maximum absolute atomic E-state index is 10.1. The fourth-order valence-corrected chi connectivity index (χ4v) is 1.10. The zero-order valence-corrected chi connectivity index (χ0v) is 12.0. The fraction of sp³-hybridized carbons (Fsp3) is 0.417. The van der Waals surface area contributed by atoms with Gasteiger partial charge >= 0.3 is 5.97 Å². The number of nitrogens with zero attached hydrogens (tertiary/aromatic N) is 2. The van der Waals surface area contributed by atoms with Crippen LogP contribution in [0.4, 0.5) is 0 Å². The molecule has 0 bridgehead atoms. The highest BCUT2D eigenvalue weighted by Crippen LogP contribution is 2.04. The van der Waals surface area contributed by atoms with E-state index >= 15 is 0 Å². The van der Waals surface area contributed by atoms with Crippen LogP contribution in [0.2, 0.25) is 0 Å². The van der Waals surface area contributed by atoms with Crippen molar-refractivity contribution in [2.45, 2.75) is 24.4 Å². The van der Waals surface area contributed by atoms with Gasteiger partial charge in [-0.3, -0.25) is 0 Å². The van der Waals surface area contributed by atoms with Crippen LogP contribution in [0, 0.1) is 0 Å². The molecule has 0 aliphatic heterocycles. The van der Waals surface area contributed by atoms with Crippen molar-refractivity contribution in [1.29, 1.82) is 0 Å². The fourth-order valence-electron chi connectivity index (χ4n) is 1.10. The third kappa shape index (κ3) is 9.34. The van der Waals surface area contributed by atoms with Crippen LogP contribution in [0.5, 0.6) is 0 Å². The van der Waals surface area contributed by atoms with E-state index in [9.17, 15) is 4.79 Å². The average molecular weight is 332 g/mol. The number of aliphatic hydroxyl groups excluding tert-OH is 5. The molecule has 130 valence electrons. The van der Waals surface area contributed by atoms with Gasteiger partial charge < -0.3 is 40.6 Å². The van der Waals surface area contributed by atoms with Crippen molar-refractivity contribution in [2.75, 3.05) is 6.61 Å². The molecule has 0 amide bonds. The number of aromatic nitrogens is 4. The Morgan fingerprint density at radius 1 is 0.957 bits per heavy atom. The summed E-state index contributed by atoms with van der Waals surface area (Å²) in [5.41, 5.74) is 0. The first-order valence-electron chi connectivity index (χ1n) is 6.33. The van der Waals surface area contributed by atoms with Crippen LogP contribution < -0.4 is 0 Å². The number of nitrogens with one attached hydrogen (secondary N) is 2. The largest absolute Gasteiger partial charge is 0.479 e. The van der Waals surface area contributed by atoms with Crippen LogP contribution >= 0.6 is 0 Å². The molecular formula is C12H20N4O7. The second kappa shape index (κ2) is 12.3. The maximum Gasteiger partial charge on any atom is 0.335 e. The van der Waals surface area contributed by atoms with E-state index in [4.69, 9.17) is 30.6 Å². The van der Waals surface area contributed by atoms with Crippen molar-refractivity contribution >= 4 is 5.97 Å². The number of carbonyl (C=O) groups is 1. The molecule has 8 N–H and O–H groups in total. The number of rotatable bonds is 5. The number of carboxylic acids is 1. The predicted octanol–water partition coefficient (Wildman–Crippen LogP) is -2.67. The quantitative estimate of drug-likeness (QED) is 0.288. The van der Waals surface area contributed by atoms with Gasteiger partial charge in [0.2, 0.25) is 0 Å². The van der Waals surface area contributed by atoms with E-state index in [1.54, 1.807) is 37.4 Å². The van der Waals surface area contributed by atoms with E-state index in [0.29, 0.717) is 0 Å². The summed E-state index contributed by atoms with van der Waals surface area (Å²) in [6, 6.07) is 0. The zero-order chi connectivity index (χ0) is 17.7. The number of imidazole rings is 2. The normalized spacial score (nSPS) is 15.0. The van der Waals surface area contributed by atoms with Gasteiger partial charge in [0.05, 0.1) is 19.3 Å². The molecule has 4 unspecified atom stereocenters. The smallest absolute Gasteiger partial charge is 0.335 e. The molecule has 23 heavy (non-hydrogen) atoms. The molecule has 0 saturated heterocycles. The van der Waals surface area contributed by atoms with Gasteiger partial charge in [-0.2, -0.15) is 0 Å². The monoisotopic (exact) mass is 332 g/mol. The number of hydrogen-bond donors (Lipinski definition) is 8. The summed E-state index contributed by atoms with van der Waals surface area (Å²) in [7, 11) is 0. The predicted molar refractivity (Wildman–Crippen MR) is 75.9 cm³/mol. The summed E-state index contributed by atoms with van der Waals surface area (Å²) >= 11 is 0. The first-order chi connectivity index (χ1) is 10.9. The Morgan fingerprint density at radius 3 is 1.65 bits per heavy atom. The van der Waals surface area contributed by atoms with E-state index in [2.05, 4.69) is 19.9 Å². The number of carboxylic acid groups (broad SMARTS) is 1. The summed E-state index contributed by atoms with van der Waals surface area (Å²) in [4.78, 5) is 22.9. The minimum Gasteiger partial charge on any atom is -0.479 e. The van der Waals surface area contributed by atoms with Gasteiger partial charge in [0.25, 0.3) is 0 Å². The van der Waals surface area contributed by atoms with Gasteiger partial charge in [0, 0.05) is 24.8 Å². The minimum atomic E-state index is -2.20. The molecule has 0 aromatic carbocycles. The van der Waals surface area contributed by atoms with Crippen LogP contribution in [0.15, 0.2) is 37.4 Å². The minimum absolute atomic E-state index is 0.843. The molecule has 0 saturated carbocycles. The lowest BCUT2D eigenvalue weighted by atomic mass is 10.0. The zero-order valence-electron chi connectivity index (χ0n) is 12.0. The van der Waals surface area contributed by atoms with Crippen LogP contribution in [-0.2, 0) is 4.79 Å². The van der Waals surface area contributed by atoms with Crippen molar-refractivity contribution < 1.29 is 35.4 Å². The van der Waals surface area contributed by atoms with Crippen LogP contribution in [-0.4, -0.2) is 87.6 Å². The number of aliphatic hydroxyl groups is 5. The molecule has 11 nitrogen and oxygen atoms in total. The molecule has 4 atom stereocenters. The first-order valence-corrected chi connectivity index (χ1v) is 6.33. The third-order valence-electron chi connectivity index (χ3n) is 2.32. The average Bonchev–Trinajstić information content (AvgIpc) is 3.29. The van der Waals surface area contributed by atoms with Crippen LogP contribution in [0.3, 0.4) is 0 Å². The third-order valence-corrected chi connectivity index (χ3v) is 2.32. The molecule has 0 spiro atoms. The van der Waals surface area contributed by atoms with Gasteiger partial charge in [0.1, 0.15) is 18.3 Å². The van der Waals surface area contributed by atoms with E-state index in [1.165, 1.54) is 0 Å². The topological polar surface area (TPSA) is 196 Å². The summed E-state index contributed by atoms with van der Waals surface area (Å²) in [5.74, 6) is -1.73. The highest BCUT2D eigenvalue weighted by Gasteiger charge is 2.33. The van der Waals surface area contributed by atoms with Gasteiger partial charge in [-0.05, 0) is 0 Å². The number of aromatic amines is 2. The highest BCUT2D eigenvalue weighted by molar-refractivity contribution is 5.72. The molecule has 11 heteroatoms. The molecule has 0 aliphatic rings. The van der Waals surface area contributed by atoms with Crippen LogP contribution in [0.25, 0.3) is 0 Å². The standard InChI is InChI=1S/C6H12O7.2C3H4N2/c7-1-2(8)3(9)4(10)5(11)6(12)13;2*1-2-5-3-4-1/h2-5,7-11H,1H2,(H,12,13);2*1-3H,(H,4,5). The molecule has 2 aromatic heterocycles. The van der Waals surface area contributed by atoms with Gasteiger partial charge in [-0.15, -0.1) is 0 Å². The van der Waals surface area contributed by atoms with E-state index in [-0.39, 0.29) is 0 Å². The van der Waals surface area contributed by atoms with E-state index in [0.717, 1.165) is 0 Å². The lowest BCUT2D eigenvalue weighted by Gasteiger charge is -2.23. The number of hydrogen-bond acceptors (Lipinski definition) is 8. The number of H-pyrrole nitrogens is 2. The number of aliphatic carboxylic acids is 1. The summed E-state index contributed by atoms with van der Waals surface area (Å²) < 4.78 is 0. The van der Waals surface area contributed by atoms with Crippen molar-refractivity contribution in [1.82, 2.24) is 19.9 Å². The summed E-state index contributed by atoms with van der Waals surface area (Å²) in [5, 5.41) is 51.8. The Kier molecular flexibility index (Phi) is 11.0. The summed E-state index contributed by atoms with van der Waals surface area (Å²) in [6.45, 7) is -0.843. The highest BCUT2D eigenvalue weighted by atomic mass is 16.4. The molecule has 0 fully saturated rings. The molecule has 2 rings (SSSR count). The van der Waals surface area contributed by atoms with Crippen molar-refractivity contribution in [3.8, 4) is 0 Å². The Hall–Kier alpha value is -2.31. The lowest BCUT2D eigenvalue weighted by Crippen LogP contribution is -2.48. The molecule has 2 heterocycles. The Bertz CT molecular complexity index is 419.